The van der Waals surface area contributed by atoms with Crippen molar-refractivity contribution >= 4 is 13.5 Å². The summed E-state index contributed by atoms with van der Waals surface area (Å²) in [7, 11) is 9.22. The number of nitrogens with two attached hydrogens (primary N) is 1. The lowest BCUT2D eigenvalue weighted by Gasteiger charge is -2.40. The van der Waals surface area contributed by atoms with E-state index in [0.29, 0.717) is 0 Å². The minimum atomic E-state index is -2.12. The van der Waals surface area contributed by atoms with Crippen LogP contribution in [0.1, 0.15) is 0 Å². The van der Waals surface area contributed by atoms with Gasteiger partial charge < -0.3 is 5.73 Å². The fraction of sp³-hybridized carbons (Fsp3) is 0.857. The molecule has 0 saturated heterocycles. The van der Waals surface area contributed by atoms with Crippen molar-refractivity contribution in [3.05, 3.63) is 0 Å². The quantitative estimate of drug-likeness (QED) is 0.712. The molecule has 84 valence electrons. The van der Waals surface area contributed by atoms with E-state index in [0.717, 1.165) is 0 Å². The number of carbonyl (C=O) groups excluding carboxylic acids is 1. The van der Waals surface area contributed by atoms with Crippen LogP contribution in [0, 0.1) is 0 Å². The average Bonchev–Trinajstić information content (AvgIpc) is 1.97. The highest BCUT2D eigenvalue weighted by Gasteiger charge is 2.29. The minimum absolute atomic E-state index is 0.630. The van der Waals surface area contributed by atoms with E-state index in [1.807, 2.05) is 56.3 Å². The van der Waals surface area contributed by atoms with E-state index in [4.69, 9.17) is 5.73 Å². The Bertz CT molecular complexity index is 232. The van der Waals surface area contributed by atoms with Gasteiger partial charge in [0.05, 0.1) is 0 Å². The van der Waals surface area contributed by atoms with Gasteiger partial charge in [-0.1, -0.05) is 0 Å². The average molecular weight is 221 g/mol. The topological polar surface area (TPSA) is 65.2 Å². The largest absolute Gasteiger partial charge is 0.350 e. The van der Waals surface area contributed by atoms with Gasteiger partial charge in [-0.05, 0) is 42.3 Å². The molecular formula is C7H20N5OP. The van der Waals surface area contributed by atoms with Crippen molar-refractivity contribution < 1.29 is 4.79 Å². The van der Waals surface area contributed by atoms with Gasteiger partial charge in [0.2, 0.25) is 0 Å². The molecule has 0 heterocycles. The zero-order valence-corrected chi connectivity index (χ0v) is 10.6. The molecule has 0 bridgehead atoms. The Morgan fingerprint density at radius 2 is 1.29 bits per heavy atom. The van der Waals surface area contributed by atoms with E-state index >= 15 is 0 Å². The van der Waals surface area contributed by atoms with Crippen molar-refractivity contribution in [2.75, 3.05) is 42.3 Å². The molecule has 0 aromatic heterocycles. The van der Waals surface area contributed by atoms with E-state index in [1.165, 1.54) is 0 Å². The SMILES string of the molecule is CN(C)P(=NC(N)=O)(N(C)C)N(C)C. The van der Waals surface area contributed by atoms with Gasteiger partial charge in [-0.2, -0.15) is 4.74 Å². The number of rotatable bonds is 3. The normalized spacial score (nSPS) is 12.6. The Labute approximate surface area is 85.9 Å². The second-order valence-corrected chi connectivity index (χ2v) is 7.19. The lowest BCUT2D eigenvalue weighted by atomic mass is 11.2. The molecule has 7 heteroatoms. The van der Waals surface area contributed by atoms with Gasteiger partial charge in [-0.3, -0.25) is 14.0 Å². The Hall–Kier alpha value is -0.420. The summed E-state index contributed by atoms with van der Waals surface area (Å²) in [4.78, 5) is 10.9. The Morgan fingerprint density at radius 3 is 1.36 bits per heavy atom. The van der Waals surface area contributed by atoms with Crippen molar-refractivity contribution in [3.8, 4) is 0 Å². The second kappa shape index (κ2) is 4.89. The van der Waals surface area contributed by atoms with Crippen LogP contribution in [0.15, 0.2) is 4.74 Å². The molecule has 0 fully saturated rings. The van der Waals surface area contributed by atoms with Crippen molar-refractivity contribution in [3.63, 3.8) is 0 Å². The summed E-state index contributed by atoms with van der Waals surface area (Å²) in [6, 6.07) is -0.630. The van der Waals surface area contributed by atoms with Crippen LogP contribution in [-0.2, 0) is 0 Å². The first kappa shape index (κ1) is 13.6. The van der Waals surface area contributed by atoms with Crippen LogP contribution in [0.25, 0.3) is 0 Å². The van der Waals surface area contributed by atoms with Crippen LogP contribution in [-0.4, -0.2) is 62.3 Å². The summed E-state index contributed by atoms with van der Waals surface area (Å²) in [6.07, 6.45) is 0. The first-order valence-corrected chi connectivity index (χ1v) is 5.80. The maximum absolute atomic E-state index is 10.9. The van der Waals surface area contributed by atoms with Gasteiger partial charge in [-0.15, -0.1) is 0 Å². The summed E-state index contributed by atoms with van der Waals surface area (Å²) in [5.41, 5.74) is 5.13. The van der Waals surface area contributed by atoms with Crippen molar-refractivity contribution in [1.29, 1.82) is 0 Å². The highest BCUT2D eigenvalue weighted by Crippen LogP contribution is 2.54. The number of hydrogen-bond acceptors (Lipinski definition) is 1. The van der Waals surface area contributed by atoms with E-state index in [9.17, 15) is 4.79 Å². The molecule has 0 unspecified atom stereocenters. The van der Waals surface area contributed by atoms with Crippen molar-refractivity contribution in [1.82, 2.24) is 14.0 Å². The number of hydrogen-bond donors (Lipinski definition) is 1. The number of nitrogens with zero attached hydrogens (tertiary/aromatic N) is 4. The third kappa shape index (κ3) is 2.54. The maximum Gasteiger partial charge on any atom is 0.340 e. The van der Waals surface area contributed by atoms with E-state index < -0.39 is 13.5 Å². The predicted molar refractivity (Wildman–Crippen MR) is 60.0 cm³/mol. The van der Waals surface area contributed by atoms with Crippen molar-refractivity contribution in [2.45, 2.75) is 0 Å². The van der Waals surface area contributed by atoms with Crippen LogP contribution in [0.2, 0.25) is 0 Å². The van der Waals surface area contributed by atoms with Gasteiger partial charge >= 0.3 is 6.03 Å². The molecule has 0 spiro atoms. The van der Waals surface area contributed by atoms with E-state index in [-0.39, 0.29) is 0 Å². The van der Waals surface area contributed by atoms with Crippen LogP contribution >= 0.6 is 7.51 Å². The maximum atomic E-state index is 10.9. The zero-order valence-electron chi connectivity index (χ0n) is 9.72. The highest BCUT2D eigenvalue weighted by atomic mass is 31.2. The fourth-order valence-electron chi connectivity index (χ4n) is 1.47. The summed E-state index contributed by atoms with van der Waals surface area (Å²) < 4.78 is 9.82. The van der Waals surface area contributed by atoms with Gasteiger partial charge in [0, 0.05) is 0 Å². The minimum Gasteiger partial charge on any atom is -0.350 e. The second-order valence-electron chi connectivity index (χ2n) is 3.52. The van der Waals surface area contributed by atoms with Gasteiger partial charge in [0.15, 0.2) is 7.51 Å². The molecule has 0 atom stereocenters. The lowest BCUT2D eigenvalue weighted by molar-refractivity contribution is 0.256. The first-order valence-electron chi connectivity index (χ1n) is 4.20. The Balaban J connectivity index is 5.51. The van der Waals surface area contributed by atoms with Crippen LogP contribution in [0.4, 0.5) is 4.79 Å². The van der Waals surface area contributed by atoms with Crippen LogP contribution < -0.4 is 5.73 Å². The summed E-state index contributed by atoms with van der Waals surface area (Å²) in [6.45, 7) is 0. The Kier molecular flexibility index (Phi) is 4.74. The van der Waals surface area contributed by atoms with Crippen LogP contribution in [0.5, 0.6) is 0 Å². The van der Waals surface area contributed by atoms with Gasteiger partial charge in [0.25, 0.3) is 0 Å². The Morgan fingerprint density at radius 1 is 1.00 bits per heavy atom. The third-order valence-electron chi connectivity index (χ3n) is 1.84. The molecule has 0 radical (unpaired) electrons. The predicted octanol–water partition coefficient (Wildman–Crippen LogP) is 0.696. The summed E-state index contributed by atoms with van der Waals surface area (Å²) in [5, 5.41) is 0. The number of urea groups is 1. The molecule has 0 aliphatic rings. The molecule has 2 N–H and O–H groups in total. The number of carbonyl (C=O) groups is 1. The molecule has 0 rings (SSSR count). The molecular weight excluding hydrogens is 201 g/mol. The molecule has 6 nitrogen and oxygen atoms in total. The number of amides is 2. The van der Waals surface area contributed by atoms with Crippen molar-refractivity contribution in [2.24, 2.45) is 10.5 Å². The standard InChI is InChI=1S/C7H20N5OP/c1-10(2)14(11(3)4,12(5)6)9-7(8)13/h1-6H3,(H2,8,13). The monoisotopic (exact) mass is 221 g/mol. The molecule has 0 aliphatic heterocycles. The molecule has 14 heavy (non-hydrogen) atoms. The highest BCUT2D eigenvalue weighted by molar-refractivity contribution is 7.59. The molecule has 0 aliphatic carbocycles. The number of primary amides is 1. The van der Waals surface area contributed by atoms with Crippen LogP contribution in [0.3, 0.4) is 0 Å². The summed E-state index contributed by atoms with van der Waals surface area (Å²) >= 11 is 0. The first-order chi connectivity index (χ1) is 6.25. The fourth-order valence-corrected chi connectivity index (χ4v) is 4.42. The van der Waals surface area contributed by atoms with E-state index in [1.54, 1.807) is 0 Å². The third-order valence-corrected chi connectivity index (χ3v) is 5.53. The lowest BCUT2D eigenvalue weighted by Crippen LogP contribution is -2.31. The zero-order chi connectivity index (χ0) is 11.5. The van der Waals surface area contributed by atoms with Gasteiger partial charge in [-0.25, -0.2) is 4.79 Å². The van der Waals surface area contributed by atoms with Gasteiger partial charge in [0.1, 0.15) is 0 Å². The van der Waals surface area contributed by atoms with E-state index in [2.05, 4.69) is 4.74 Å². The smallest absolute Gasteiger partial charge is 0.340 e. The summed E-state index contributed by atoms with van der Waals surface area (Å²) in [5.74, 6) is 0. The molecule has 0 saturated carbocycles. The molecule has 0 aromatic rings. The molecule has 0 aromatic carbocycles. The molecule has 2 amide bonds.